The summed E-state index contributed by atoms with van der Waals surface area (Å²) < 4.78 is 28.4. The number of benzene rings is 1. The molecule has 0 spiro atoms. The number of amides is 1. The second kappa shape index (κ2) is 9.45. The summed E-state index contributed by atoms with van der Waals surface area (Å²) in [5.74, 6) is -3.47. The van der Waals surface area contributed by atoms with Crippen molar-refractivity contribution in [3.8, 4) is 0 Å². The molecule has 1 atom stereocenters. The second-order valence-corrected chi connectivity index (χ2v) is 9.14. The van der Waals surface area contributed by atoms with Gasteiger partial charge in [0.25, 0.3) is 0 Å². The smallest absolute Gasteiger partial charge is 0.310 e. The number of carboxylic acids is 1. The molecule has 2 aliphatic rings. The predicted molar refractivity (Wildman–Crippen MR) is 122 cm³/mol. The van der Waals surface area contributed by atoms with E-state index < -0.39 is 35.7 Å². The highest BCUT2D eigenvalue weighted by Gasteiger charge is 2.46. The topological polar surface area (TPSA) is 73.7 Å². The third-order valence-electron chi connectivity index (χ3n) is 6.92. The molecule has 1 amide bonds. The van der Waals surface area contributed by atoms with Crippen LogP contribution in [0.3, 0.4) is 0 Å². The van der Waals surface area contributed by atoms with Gasteiger partial charge in [0.1, 0.15) is 5.82 Å². The second-order valence-electron chi connectivity index (χ2n) is 9.14. The van der Waals surface area contributed by atoms with Gasteiger partial charge in [0.05, 0.1) is 5.41 Å². The van der Waals surface area contributed by atoms with Crippen molar-refractivity contribution < 1.29 is 23.5 Å². The van der Waals surface area contributed by atoms with Crippen LogP contribution in [-0.2, 0) is 9.59 Å². The van der Waals surface area contributed by atoms with Gasteiger partial charge in [-0.1, -0.05) is 24.3 Å². The van der Waals surface area contributed by atoms with Gasteiger partial charge in [-0.25, -0.2) is 13.8 Å². The lowest BCUT2D eigenvalue weighted by Gasteiger charge is -2.42. The van der Waals surface area contributed by atoms with Gasteiger partial charge >= 0.3 is 5.97 Å². The summed E-state index contributed by atoms with van der Waals surface area (Å²) in [7, 11) is 0. The van der Waals surface area contributed by atoms with Gasteiger partial charge in [-0.05, 0) is 49.9 Å². The normalized spacial score (nSPS) is 21.9. The molecular weight excluding hydrogens is 428 g/mol. The maximum atomic E-state index is 14.2. The number of carbonyl (C=O) groups is 2. The Balaban J connectivity index is 1.55. The monoisotopic (exact) mass is 457 g/mol. The molecule has 1 aromatic heterocycles. The summed E-state index contributed by atoms with van der Waals surface area (Å²) in [6.45, 7) is 0.923. The number of alkyl halides is 2. The summed E-state index contributed by atoms with van der Waals surface area (Å²) >= 11 is 0. The van der Waals surface area contributed by atoms with Gasteiger partial charge in [-0.2, -0.15) is 0 Å². The average Bonchev–Trinajstić information content (AvgIpc) is 2.80. The van der Waals surface area contributed by atoms with Crippen molar-refractivity contribution in [3.63, 3.8) is 0 Å². The van der Waals surface area contributed by atoms with E-state index in [2.05, 4.69) is 4.98 Å². The summed E-state index contributed by atoms with van der Waals surface area (Å²) in [4.78, 5) is 33.7. The molecule has 176 valence electrons. The first kappa shape index (κ1) is 23.1. The highest BCUT2D eigenvalue weighted by Crippen LogP contribution is 2.41. The van der Waals surface area contributed by atoms with Crippen LogP contribution in [0.1, 0.15) is 44.9 Å². The number of carboxylic acid groups (broad SMARTS) is 1. The maximum absolute atomic E-state index is 14.2. The van der Waals surface area contributed by atoms with E-state index in [1.807, 2.05) is 23.1 Å². The van der Waals surface area contributed by atoms with Crippen LogP contribution in [-0.4, -0.2) is 47.0 Å². The van der Waals surface area contributed by atoms with Crippen molar-refractivity contribution in [1.29, 1.82) is 0 Å². The average molecular weight is 458 g/mol. The molecule has 4 rings (SSSR count). The van der Waals surface area contributed by atoms with Crippen LogP contribution in [0.2, 0.25) is 0 Å². The number of para-hydroxylation sites is 1. The standard InChI is InChI=1S/C25H29F2N3O3/c26-25(27)11-6-9-20(17-25)30(19-7-2-1-3-8-19)22(31)18-24(23(32)33)12-15-29(16-13-24)21-10-4-5-14-28-21/h1-5,7-8,10,14,20H,6,9,11-13,15-18H2,(H,32,33). The predicted octanol–water partition coefficient (Wildman–Crippen LogP) is 4.75. The Labute approximate surface area is 192 Å². The minimum atomic E-state index is -2.82. The SMILES string of the molecule is O=C(CC1(C(=O)O)CCN(c2ccccn2)CC1)N(c1ccccc1)C1CCCC(F)(F)C1. The van der Waals surface area contributed by atoms with Crippen molar-refractivity contribution in [2.75, 3.05) is 22.9 Å². The molecule has 1 aliphatic heterocycles. The van der Waals surface area contributed by atoms with Crippen molar-refractivity contribution >= 4 is 23.4 Å². The van der Waals surface area contributed by atoms with Crippen LogP contribution in [0.5, 0.6) is 0 Å². The van der Waals surface area contributed by atoms with Crippen LogP contribution in [0.15, 0.2) is 54.7 Å². The van der Waals surface area contributed by atoms with Gasteiger partial charge in [-0.3, -0.25) is 9.59 Å². The fourth-order valence-electron chi connectivity index (χ4n) is 5.06. The quantitative estimate of drug-likeness (QED) is 0.678. The number of pyridine rings is 1. The third kappa shape index (κ3) is 5.15. The molecule has 1 N–H and O–H groups in total. The lowest BCUT2D eigenvalue weighted by Crippen LogP contribution is -2.51. The highest BCUT2D eigenvalue weighted by atomic mass is 19.3. The fraction of sp³-hybridized carbons (Fsp3) is 0.480. The molecule has 0 radical (unpaired) electrons. The molecule has 1 saturated carbocycles. The first-order valence-corrected chi connectivity index (χ1v) is 11.4. The van der Waals surface area contributed by atoms with E-state index in [1.165, 1.54) is 4.90 Å². The van der Waals surface area contributed by atoms with Crippen LogP contribution < -0.4 is 9.80 Å². The number of rotatable bonds is 6. The number of anilines is 2. The van der Waals surface area contributed by atoms with Gasteiger partial charge in [-0.15, -0.1) is 0 Å². The Hall–Kier alpha value is -3.03. The molecule has 0 bridgehead atoms. The van der Waals surface area contributed by atoms with Crippen molar-refractivity contribution in [2.45, 2.75) is 56.9 Å². The number of halogens is 2. The highest BCUT2D eigenvalue weighted by molar-refractivity contribution is 5.97. The molecule has 33 heavy (non-hydrogen) atoms. The number of nitrogens with zero attached hydrogens (tertiary/aromatic N) is 3. The van der Waals surface area contributed by atoms with Gasteiger partial charge in [0.15, 0.2) is 0 Å². The molecule has 2 aromatic rings. The zero-order valence-electron chi connectivity index (χ0n) is 18.5. The lowest BCUT2D eigenvalue weighted by atomic mass is 9.75. The lowest BCUT2D eigenvalue weighted by molar-refractivity contribution is -0.153. The summed E-state index contributed by atoms with van der Waals surface area (Å²) in [6.07, 6.45) is 2.28. The van der Waals surface area contributed by atoms with E-state index in [1.54, 1.807) is 36.5 Å². The van der Waals surface area contributed by atoms with Gasteiger partial charge in [0, 0.05) is 50.3 Å². The Morgan fingerprint density at radius 3 is 2.36 bits per heavy atom. The van der Waals surface area contributed by atoms with E-state index in [9.17, 15) is 23.5 Å². The number of hydrogen-bond acceptors (Lipinski definition) is 4. The number of hydrogen-bond donors (Lipinski definition) is 1. The van der Waals surface area contributed by atoms with Crippen molar-refractivity contribution in [1.82, 2.24) is 4.98 Å². The molecule has 1 aliphatic carbocycles. The molecule has 2 heterocycles. The largest absolute Gasteiger partial charge is 0.481 e. The van der Waals surface area contributed by atoms with Crippen molar-refractivity contribution in [3.05, 3.63) is 54.7 Å². The van der Waals surface area contributed by atoms with Crippen LogP contribution in [0, 0.1) is 5.41 Å². The van der Waals surface area contributed by atoms with Crippen molar-refractivity contribution in [2.24, 2.45) is 5.41 Å². The van der Waals surface area contributed by atoms with Gasteiger partial charge in [0.2, 0.25) is 11.8 Å². The molecule has 1 aromatic carbocycles. The first-order valence-electron chi connectivity index (χ1n) is 11.4. The zero-order chi connectivity index (χ0) is 23.5. The van der Waals surface area contributed by atoms with Crippen LogP contribution in [0.25, 0.3) is 0 Å². The summed E-state index contributed by atoms with van der Waals surface area (Å²) in [6, 6.07) is 13.7. The number of carbonyl (C=O) groups excluding carboxylic acids is 1. The van der Waals surface area contributed by atoms with E-state index in [0.717, 1.165) is 5.82 Å². The Morgan fingerprint density at radius 2 is 1.76 bits per heavy atom. The number of aliphatic carboxylic acids is 1. The van der Waals surface area contributed by atoms with Crippen LogP contribution >= 0.6 is 0 Å². The van der Waals surface area contributed by atoms with E-state index in [4.69, 9.17) is 0 Å². The molecular formula is C25H29F2N3O3. The molecule has 1 saturated heterocycles. The molecule has 2 fully saturated rings. The first-order chi connectivity index (χ1) is 15.8. The van der Waals surface area contributed by atoms with E-state index >= 15 is 0 Å². The number of piperidine rings is 1. The minimum absolute atomic E-state index is 0.178. The Morgan fingerprint density at radius 1 is 1.06 bits per heavy atom. The summed E-state index contributed by atoms with van der Waals surface area (Å²) in [5.41, 5.74) is -0.691. The molecule has 6 nitrogen and oxygen atoms in total. The van der Waals surface area contributed by atoms with E-state index in [-0.39, 0.29) is 25.7 Å². The molecule has 8 heteroatoms. The van der Waals surface area contributed by atoms with Gasteiger partial charge < -0.3 is 14.9 Å². The fourth-order valence-corrected chi connectivity index (χ4v) is 5.06. The number of aromatic nitrogens is 1. The Bertz CT molecular complexity index is 963. The van der Waals surface area contributed by atoms with E-state index in [0.29, 0.717) is 31.6 Å². The maximum Gasteiger partial charge on any atom is 0.310 e. The minimum Gasteiger partial charge on any atom is -0.481 e. The zero-order valence-corrected chi connectivity index (χ0v) is 18.5. The molecule has 1 unspecified atom stereocenters. The summed E-state index contributed by atoms with van der Waals surface area (Å²) in [5, 5.41) is 10.1. The Kier molecular flexibility index (Phi) is 6.63. The van der Waals surface area contributed by atoms with Crippen LogP contribution in [0.4, 0.5) is 20.3 Å². The third-order valence-corrected chi connectivity index (χ3v) is 6.92.